The molecule has 0 spiro atoms. The minimum atomic E-state index is -4.09. The van der Waals surface area contributed by atoms with E-state index in [1.54, 1.807) is 13.0 Å². The third kappa shape index (κ3) is 1.43. The van der Waals surface area contributed by atoms with Gasteiger partial charge in [-0.15, -0.1) is 0 Å². The Morgan fingerprint density at radius 1 is 1.19 bits per heavy atom. The quantitative estimate of drug-likeness (QED) is 0.689. The highest BCUT2D eigenvalue weighted by Crippen LogP contribution is 2.46. The second kappa shape index (κ2) is 3.17. The van der Waals surface area contributed by atoms with Crippen LogP contribution in [0.2, 0.25) is 0 Å². The van der Waals surface area contributed by atoms with Crippen molar-refractivity contribution in [3.63, 3.8) is 0 Å². The molecule has 1 aliphatic rings. The van der Waals surface area contributed by atoms with Gasteiger partial charge in [-0.2, -0.15) is 13.2 Å². The summed E-state index contributed by atoms with van der Waals surface area (Å²) >= 11 is 0. The Morgan fingerprint density at radius 3 is 2.50 bits per heavy atom. The van der Waals surface area contributed by atoms with Crippen LogP contribution in [-0.2, 0) is 0 Å². The van der Waals surface area contributed by atoms with E-state index in [1.165, 1.54) is 12.1 Å². The highest BCUT2D eigenvalue weighted by atomic mass is 19.3. The van der Waals surface area contributed by atoms with E-state index in [-0.39, 0.29) is 11.5 Å². The van der Waals surface area contributed by atoms with Crippen LogP contribution in [0.5, 0.6) is 11.5 Å². The van der Waals surface area contributed by atoms with E-state index >= 15 is 0 Å². The molecule has 0 radical (unpaired) electrons. The Kier molecular flexibility index (Phi) is 2.15. The van der Waals surface area contributed by atoms with E-state index in [0.717, 1.165) is 5.56 Å². The predicted octanol–water partition coefficient (Wildman–Crippen LogP) is 3.21. The maximum Gasteiger partial charge on any atom is 0.475 e. The van der Waals surface area contributed by atoms with Crippen LogP contribution >= 0.6 is 0 Å². The van der Waals surface area contributed by atoms with Gasteiger partial charge in [0.15, 0.2) is 11.5 Å². The fourth-order valence-electron chi connectivity index (χ4n) is 1.37. The van der Waals surface area contributed by atoms with Gasteiger partial charge in [0.05, 0.1) is 0 Å². The second-order valence-corrected chi connectivity index (χ2v) is 3.52. The molecule has 0 bridgehead atoms. The van der Waals surface area contributed by atoms with Crippen molar-refractivity contribution in [3.05, 3.63) is 36.4 Å². The normalized spacial score (nSPS) is 26.2. The van der Waals surface area contributed by atoms with E-state index in [4.69, 9.17) is 0 Å². The van der Waals surface area contributed by atoms with Gasteiger partial charge in [0, 0.05) is 0 Å². The molecule has 0 fully saturated rings. The predicted molar refractivity (Wildman–Crippen MR) is 51.4 cm³/mol. The van der Waals surface area contributed by atoms with Crippen LogP contribution in [0.15, 0.2) is 30.9 Å². The van der Waals surface area contributed by atoms with Crippen LogP contribution in [0.25, 0.3) is 0 Å². The molecule has 86 valence electrons. The van der Waals surface area contributed by atoms with Crippen molar-refractivity contribution in [2.45, 2.75) is 18.9 Å². The van der Waals surface area contributed by atoms with Crippen molar-refractivity contribution in [2.75, 3.05) is 0 Å². The number of hydrogen-bond acceptors (Lipinski definition) is 2. The average Bonchev–Trinajstić information content (AvgIpc) is 2.20. The minimum absolute atomic E-state index is 0.0617. The lowest BCUT2D eigenvalue weighted by Gasteiger charge is -2.35. The number of benzene rings is 1. The molecule has 1 atom stereocenters. The molecule has 0 aliphatic carbocycles. The lowest BCUT2D eigenvalue weighted by molar-refractivity contribution is -0.319. The zero-order chi connectivity index (χ0) is 12.0. The summed E-state index contributed by atoms with van der Waals surface area (Å²) in [7, 11) is 0. The van der Waals surface area contributed by atoms with Crippen LogP contribution in [0.1, 0.15) is 5.56 Å². The lowest BCUT2D eigenvalue weighted by atomic mass is 10.2. The molecule has 0 saturated carbocycles. The molecule has 2 nitrogen and oxygen atoms in total. The summed E-state index contributed by atoms with van der Waals surface area (Å²) in [6, 6.07) is 4.29. The fourth-order valence-corrected chi connectivity index (χ4v) is 1.37. The maximum absolute atomic E-state index is 13.7. The van der Waals surface area contributed by atoms with Gasteiger partial charge in [0.1, 0.15) is 0 Å². The molecular weight excluding hydrogens is 221 g/mol. The van der Waals surface area contributed by atoms with Crippen LogP contribution in [0.4, 0.5) is 13.2 Å². The molecule has 0 aromatic heterocycles. The first-order valence-corrected chi connectivity index (χ1v) is 4.57. The first kappa shape index (κ1) is 10.9. The smallest absolute Gasteiger partial charge is 0.442 e. The molecule has 1 aromatic rings. The summed E-state index contributed by atoms with van der Waals surface area (Å²) < 4.78 is 49.0. The summed E-state index contributed by atoms with van der Waals surface area (Å²) in [5.41, 5.74) is 0.749. The second-order valence-electron chi connectivity index (χ2n) is 3.52. The Morgan fingerprint density at radius 2 is 1.88 bits per heavy atom. The molecule has 0 N–H and O–H groups in total. The van der Waals surface area contributed by atoms with E-state index in [0.29, 0.717) is 6.08 Å². The van der Waals surface area contributed by atoms with Gasteiger partial charge in [-0.25, -0.2) is 0 Å². The summed E-state index contributed by atoms with van der Waals surface area (Å²) in [6.45, 7) is 4.71. The molecule has 2 rings (SSSR count). The first-order valence-electron chi connectivity index (χ1n) is 4.57. The number of fused-ring (bicyclic) bond motifs is 1. The lowest BCUT2D eigenvalue weighted by Crippen LogP contribution is -2.53. The number of hydrogen-bond donors (Lipinski definition) is 0. The number of halogens is 3. The number of alkyl halides is 3. The largest absolute Gasteiger partial charge is 0.475 e. The van der Waals surface area contributed by atoms with E-state index in [1.807, 2.05) is 0 Å². The van der Waals surface area contributed by atoms with Crippen LogP contribution in [0.3, 0.4) is 0 Å². The van der Waals surface area contributed by atoms with Gasteiger partial charge < -0.3 is 9.47 Å². The van der Waals surface area contributed by atoms with Crippen molar-refractivity contribution in [3.8, 4) is 11.5 Å². The summed E-state index contributed by atoms with van der Waals surface area (Å²) in [6.07, 6.45) is -3.70. The topological polar surface area (TPSA) is 18.5 Å². The maximum atomic E-state index is 13.7. The van der Waals surface area contributed by atoms with E-state index in [2.05, 4.69) is 16.1 Å². The summed E-state index contributed by atoms with van der Waals surface area (Å²) in [5, 5.41) is 0. The SMILES string of the molecule is C=CC1(F)Oc2cc(C)ccc2OC1(F)F. The highest BCUT2D eigenvalue weighted by molar-refractivity contribution is 5.45. The van der Waals surface area contributed by atoms with Crippen LogP contribution < -0.4 is 9.47 Å². The van der Waals surface area contributed by atoms with Gasteiger partial charge in [-0.05, 0) is 30.7 Å². The molecule has 1 aromatic carbocycles. The van der Waals surface area contributed by atoms with Gasteiger partial charge >= 0.3 is 12.0 Å². The van der Waals surface area contributed by atoms with Gasteiger partial charge in [-0.3, -0.25) is 0 Å². The Bertz CT molecular complexity index is 445. The van der Waals surface area contributed by atoms with E-state index < -0.39 is 12.0 Å². The van der Waals surface area contributed by atoms with Crippen LogP contribution in [0, 0.1) is 6.92 Å². The highest BCUT2D eigenvalue weighted by Gasteiger charge is 2.61. The Hall–Kier alpha value is -1.65. The Labute approximate surface area is 90.3 Å². The minimum Gasteiger partial charge on any atom is -0.442 e. The van der Waals surface area contributed by atoms with Gasteiger partial charge in [-0.1, -0.05) is 12.6 Å². The molecule has 16 heavy (non-hydrogen) atoms. The molecule has 1 heterocycles. The zero-order valence-electron chi connectivity index (χ0n) is 8.47. The van der Waals surface area contributed by atoms with Gasteiger partial charge in [0.25, 0.3) is 0 Å². The van der Waals surface area contributed by atoms with E-state index in [9.17, 15) is 13.2 Å². The molecule has 5 heteroatoms. The van der Waals surface area contributed by atoms with Crippen LogP contribution in [-0.4, -0.2) is 12.0 Å². The van der Waals surface area contributed by atoms with Crippen molar-refractivity contribution >= 4 is 0 Å². The number of aryl methyl sites for hydroxylation is 1. The van der Waals surface area contributed by atoms with Crippen molar-refractivity contribution in [2.24, 2.45) is 0 Å². The molecular formula is C11H9F3O2. The number of rotatable bonds is 1. The summed E-state index contributed by atoms with van der Waals surface area (Å²) in [4.78, 5) is 0. The zero-order valence-corrected chi connectivity index (χ0v) is 8.47. The molecule has 0 amide bonds. The average molecular weight is 230 g/mol. The van der Waals surface area contributed by atoms with Gasteiger partial charge in [0.2, 0.25) is 0 Å². The molecule has 0 saturated heterocycles. The fraction of sp³-hybridized carbons (Fsp3) is 0.273. The Balaban J connectivity index is 2.51. The first-order chi connectivity index (χ1) is 7.38. The standard InChI is InChI=1S/C11H9F3O2/c1-3-10(12)11(13,14)16-8-5-4-7(2)6-9(8)15-10/h3-6H,1H2,2H3. The monoisotopic (exact) mass is 230 g/mol. The van der Waals surface area contributed by atoms with Crippen molar-refractivity contribution in [1.29, 1.82) is 0 Å². The van der Waals surface area contributed by atoms with Crippen molar-refractivity contribution < 1.29 is 22.6 Å². The molecule has 1 unspecified atom stereocenters. The molecule has 1 aliphatic heterocycles. The van der Waals surface area contributed by atoms with Crippen molar-refractivity contribution in [1.82, 2.24) is 0 Å². The third-order valence-corrected chi connectivity index (χ3v) is 2.26. The number of ether oxygens (including phenoxy) is 2. The summed E-state index contributed by atoms with van der Waals surface area (Å²) in [5.74, 6) is -3.59. The third-order valence-electron chi connectivity index (χ3n) is 2.26.